The zero-order valence-corrected chi connectivity index (χ0v) is 21.0. The van der Waals surface area contributed by atoms with Crippen molar-refractivity contribution in [3.63, 3.8) is 0 Å². The fourth-order valence-corrected chi connectivity index (χ4v) is 4.52. The van der Waals surface area contributed by atoms with Gasteiger partial charge in [-0.2, -0.15) is 5.10 Å². The number of nitrogens with zero attached hydrogens (tertiary/aromatic N) is 3. The molecule has 7 heteroatoms. The van der Waals surface area contributed by atoms with E-state index < -0.39 is 5.60 Å². The predicted molar refractivity (Wildman–Crippen MR) is 135 cm³/mol. The van der Waals surface area contributed by atoms with Crippen molar-refractivity contribution in [3.8, 4) is 11.5 Å². The van der Waals surface area contributed by atoms with E-state index in [1.807, 2.05) is 48.9 Å². The van der Waals surface area contributed by atoms with Crippen LogP contribution < -0.4 is 9.47 Å². The van der Waals surface area contributed by atoms with Gasteiger partial charge in [-0.25, -0.2) is 0 Å². The van der Waals surface area contributed by atoms with E-state index in [0.717, 1.165) is 48.9 Å². The Kier molecular flexibility index (Phi) is 7.81. The summed E-state index contributed by atoms with van der Waals surface area (Å²) in [6.07, 6.45) is 1.32. The smallest absolute Gasteiger partial charge is 0.138 e. The Morgan fingerprint density at radius 1 is 1.03 bits per heavy atom. The first-order valence-electron chi connectivity index (χ1n) is 11.9. The quantitative estimate of drug-likeness (QED) is 0.466. The molecule has 1 aliphatic heterocycles. The standard InChI is InChI=1S/C27H34ClN3O3/c1-20-7-8-25(28)26(15-20)34-19-27(32)9-11-30(12-10-27)18-23-5-4-6-24(17-23)33-14-13-31-22(3)16-21(2)29-31/h4-8,15-17,32H,9-14,18-19H2,1-3H3. The van der Waals surface area contributed by atoms with Gasteiger partial charge >= 0.3 is 0 Å². The van der Waals surface area contributed by atoms with Crippen LogP contribution in [-0.4, -0.2) is 51.7 Å². The molecule has 6 nitrogen and oxygen atoms in total. The van der Waals surface area contributed by atoms with Crippen molar-refractivity contribution in [1.29, 1.82) is 0 Å². The van der Waals surface area contributed by atoms with Crippen molar-refractivity contribution < 1.29 is 14.6 Å². The zero-order valence-electron chi connectivity index (χ0n) is 20.3. The normalized spacial score (nSPS) is 15.9. The molecule has 0 aliphatic carbocycles. The largest absolute Gasteiger partial charge is 0.492 e. The SMILES string of the molecule is Cc1ccc(Cl)c(OCC2(O)CCN(Cc3cccc(OCCn4nc(C)cc4C)c3)CC2)c1. The molecule has 3 aromatic rings. The van der Waals surface area contributed by atoms with Crippen molar-refractivity contribution >= 4 is 11.6 Å². The number of aliphatic hydroxyl groups is 1. The van der Waals surface area contributed by atoms with Gasteiger partial charge in [0.25, 0.3) is 0 Å². The van der Waals surface area contributed by atoms with E-state index in [0.29, 0.717) is 30.2 Å². The maximum atomic E-state index is 11.0. The molecule has 1 N–H and O–H groups in total. The number of aryl methyl sites for hydroxylation is 3. The molecule has 2 aromatic carbocycles. The summed E-state index contributed by atoms with van der Waals surface area (Å²) in [4.78, 5) is 2.36. The van der Waals surface area contributed by atoms with E-state index >= 15 is 0 Å². The average molecular weight is 484 g/mol. The number of hydrogen-bond donors (Lipinski definition) is 1. The van der Waals surface area contributed by atoms with E-state index in [-0.39, 0.29) is 6.61 Å². The van der Waals surface area contributed by atoms with Crippen molar-refractivity contribution in [1.82, 2.24) is 14.7 Å². The van der Waals surface area contributed by atoms with Crippen LogP contribution in [0.2, 0.25) is 5.02 Å². The number of likely N-dealkylation sites (tertiary alicyclic amines) is 1. The molecule has 0 amide bonds. The zero-order chi connectivity index (χ0) is 24.1. The van der Waals surface area contributed by atoms with Crippen LogP contribution in [0.1, 0.15) is 35.4 Å². The predicted octanol–water partition coefficient (Wildman–Crippen LogP) is 4.95. The van der Waals surface area contributed by atoms with Crippen molar-refractivity contribution in [2.45, 2.75) is 52.3 Å². The first kappa shape index (κ1) is 24.6. The Balaban J connectivity index is 1.24. The Bertz CT molecular complexity index is 1110. The monoisotopic (exact) mass is 483 g/mol. The first-order valence-corrected chi connectivity index (χ1v) is 12.2. The highest BCUT2D eigenvalue weighted by Gasteiger charge is 2.33. The van der Waals surface area contributed by atoms with Gasteiger partial charge in [0.1, 0.15) is 30.3 Å². The van der Waals surface area contributed by atoms with E-state index in [1.165, 1.54) is 5.56 Å². The molecule has 182 valence electrons. The van der Waals surface area contributed by atoms with Crippen LogP contribution in [0, 0.1) is 20.8 Å². The number of aromatic nitrogens is 2. The molecule has 1 saturated heterocycles. The number of halogens is 1. The minimum absolute atomic E-state index is 0.253. The fraction of sp³-hybridized carbons (Fsp3) is 0.444. The second-order valence-corrected chi connectivity index (χ2v) is 9.78. The molecule has 0 spiro atoms. The molecular weight excluding hydrogens is 450 g/mol. The molecule has 1 aliphatic rings. The molecule has 1 aromatic heterocycles. The van der Waals surface area contributed by atoms with E-state index in [2.05, 4.69) is 35.1 Å². The molecule has 0 saturated carbocycles. The summed E-state index contributed by atoms with van der Waals surface area (Å²) in [7, 11) is 0. The second-order valence-electron chi connectivity index (χ2n) is 9.37. The lowest BCUT2D eigenvalue weighted by Crippen LogP contribution is -2.47. The van der Waals surface area contributed by atoms with Gasteiger partial charge in [0.2, 0.25) is 0 Å². The Morgan fingerprint density at radius 3 is 2.56 bits per heavy atom. The Hall–Kier alpha value is -2.54. The minimum atomic E-state index is -0.836. The summed E-state index contributed by atoms with van der Waals surface area (Å²) in [6.45, 7) is 10.1. The van der Waals surface area contributed by atoms with Crippen molar-refractivity contribution in [3.05, 3.63) is 76.1 Å². The third-order valence-corrected chi connectivity index (χ3v) is 6.66. The van der Waals surface area contributed by atoms with Gasteiger partial charge in [-0.15, -0.1) is 0 Å². The van der Waals surface area contributed by atoms with E-state index in [1.54, 1.807) is 0 Å². The second kappa shape index (κ2) is 10.8. The summed E-state index contributed by atoms with van der Waals surface area (Å²) in [5, 5.41) is 16.1. The lowest BCUT2D eigenvalue weighted by Gasteiger charge is -2.38. The van der Waals surface area contributed by atoms with Crippen molar-refractivity contribution in [2.24, 2.45) is 0 Å². The average Bonchev–Trinajstić information content (AvgIpc) is 3.13. The summed E-state index contributed by atoms with van der Waals surface area (Å²) in [5.41, 5.74) is 3.62. The van der Waals surface area contributed by atoms with Crippen LogP contribution >= 0.6 is 11.6 Å². The van der Waals surface area contributed by atoms with Gasteiger partial charge in [-0.05, 0) is 75.1 Å². The Labute approximate surface area is 207 Å². The van der Waals surface area contributed by atoms with Crippen LogP contribution in [0.4, 0.5) is 0 Å². The number of benzene rings is 2. The maximum absolute atomic E-state index is 11.0. The molecule has 0 bridgehead atoms. The lowest BCUT2D eigenvalue weighted by molar-refractivity contribution is -0.0537. The van der Waals surface area contributed by atoms with Crippen LogP contribution in [0.15, 0.2) is 48.5 Å². The molecular formula is C27H34ClN3O3. The molecule has 0 atom stereocenters. The molecule has 1 fully saturated rings. The molecule has 0 unspecified atom stereocenters. The highest BCUT2D eigenvalue weighted by atomic mass is 35.5. The first-order chi connectivity index (χ1) is 16.3. The van der Waals surface area contributed by atoms with Crippen LogP contribution in [0.25, 0.3) is 0 Å². The van der Waals surface area contributed by atoms with Gasteiger partial charge in [0.05, 0.1) is 17.3 Å². The molecule has 4 rings (SSSR count). The van der Waals surface area contributed by atoms with Crippen LogP contribution in [0.3, 0.4) is 0 Å². The van der Waals surface area contributed by atoms with Gasteiger partial charge in [-0.3, -0.25) is 9.58 Å². The van der Waals surface area contributed by atoms with E-state index in [4.69, 9.17) is 21.1 Å². The number of rotatable bonds is 9. The fourth-order valence-electron chi connectivity index (χ4n) is 4.35. The molecule has 34 heavy (non-hydrogen) atoms. The number of hydrogen-bond acceptors (Lipinski definition) is 5. The highest BCUT2D eigenvalue weighted by Crippen LogP contribution is 2.29. The van der Waals surface area contributed by atoms with Crippen LogP contribution in [-0.2, 0) is 13.1 Å². The van der Waals surface area contributed by atoms with E-state index in [9.17, 15) is 5.11 Å². The topological polar surface area (TPSA) is 59.8 Å². The maximum Gasteiger partial charge on any atom is 0.138 e. The summed E-state index contributed by atoms with van der Waals surface area (Å²) in [6, 6.07) is 16.0. The van der Waals surface area contributed by atoms with Gasteiger partial charge < -0.3 is 14.6 Å². The Morgan fingerprint density at radius 2 is 1.82 bits per heavy atom. The third kappa shape index (κ3) is 6.53. The summed E-state index contributed by atoms with van der Waals surface area (Å²) in [5.74, 6) is 1.50. The lowest BCUT2D eigenvalue weighted by atomic mass is 9.92. The van der Waals surface area contributed by atoms with Crippen LogP contribution in [0.5, 0.6) is 11.5 Å². The number of ether oxygens (including phenoxy) is 2. The highest BCUT2D eigenvalue weighted by molar-refractivity contribution is 6.32. The number of piperidine rings is 1. The third-order valence-electron chi connectivity index (χ3n) is 6.35. The summed E-state index contributed by atoms with van der Waals surface area (Å²) < 4.78 is 13.8. The summed E-state index contributed by atoms with van der Waals surface area (Å²) >= 11 is 6.23. The van der Waals surface area contributed by atoms with Gasteiger partial charge in [0.15, 0.2) is 0 Å². The molecule has 0 radical (unpaired) electrons. The van der Waals surface area contributed by atoms with Gasteiger partial charge in [0, 0.05) is 25.3 Å². The minimum Gasteiger partial charge on any atom is -0.492 e. The molecule has 2 heterocycles. The van der Waals surface area contributed by atoms with Gasteiger partial charge in [-0.1, -0.05) is 29.8 Å². The van der Waals surface area contributed by atoms with Crippen molar-refractivity contribution in [2.75, 3.05) is 26.3 Å².